The number of hydrogen-bond acceptors (Lipinski definition) is 5. The van der Waals surface area contributed by atoms with Gasteiger partial charge in [0.2, 0.25) is 0 Å². The molecule has 1 aliphatic rings. The molecule has 6 heteroatoms. The van der Waals surface area contributed by atoms with Crippen molar-refractivity contribution in [1.82, 2.24) is 14.7 Å². The van der Waals surface area contributed by atoms with Crippen molar-refractivity contribution in [2.45, 2.75) is 19.9 Å². The molecule has 1 saturated heterocycles. The summed E-state index contributed by atoms with van der Waals surface area (Å²) in [6.07, 6.45) is 3.81. The van der Waals surface area contributed by atoms with E-state index >= 15 is 0 Å². The van der Waals surface area contributed by atoms with E-state index in [4.69, 9.17) is 4.42 Å². The number of rotatable bonds is 2. The molecule has 0 aliphatic carbocycles. The fourth-order valence-corrected chi connectivity index (χ4v) is 3.86. The molecule has 1 N–H and O–H groups in total. The molecule has 4 aromatic rings. The van der Waals surface area contributed by atoms with Gasteiger partial charge in [-0.1, -0.05) is 0 Å². The van der Waals surface area contributed by atoms with E-state index in [2.05, 4.69) is 28.2 Å². The smallest absolute Gasteiger partial charge is 0.345 e. The first kappa shape index (κ1) is 17.0. The highest BCUT2D eigenvalue weighted by Gasteiger charge is 2.17. The number of nitrogens with zero attached hydrogens (tertiary/aromatic N) is 3. The van der Waals surface area contributed by atoms with E-state index in [1.807, 2.05) is 54.0 Å². The Balaban J connectivity index is 1.56. The lowest BCUT2D eigenvalue weighted by molar-refractivity contribution is 0.484. The Kier molecular flexibility index (Phi) is 3.94. The molecule has 142 valence electrons. The number of pyridine rings is 1. The topological polar surface area (TPSA) is 62.8 Å². The number of aryl methyl sites for hydroxylation is 1. The van der Waals surface area contributed by atoms with Crippen LogP contribution in [0.4, 0.5) is 5.69 Å². The lowest BCUT2D eigenvalue weighted by Crippen LogP contribution is -2.49. The fraction of sp³-hybridized carbons (Fsp3) is 0.273. The fourth-order valence-electron chi connectivity index (χ4n) is 3.86. The zero-order valence-corrected chi connectivity index (χ0v) is 16.0. The summed E-state index contributed by atoms with van der Waals surface area (Å²) >= 11 is 0. The van der Waals surface area contributed by atoms with Gasteiger partial charge in [-0.15, -0.1) is 0 Å². The largest absolute Gasteiger partial charge is 0.422 e. The van der Waals surface area contributed by atoms with E-state index in [0.717, 1.165) is 41.9 Å². The monoisotopic (exact) mass is 374 g/mol. The van der Waals surface area contributed by atoms with Crippen molar-refractivity contribution in [3.05, 3.63) is 64.8 Å². The first-order valence-electron chi connectivity index (χ1n) is 9.59. The van der Waals surface area contributed by atoms with Gasteiger partial charge in [0.15, 0.2) is 0 Å². The summed E-state index contributed by atoms with van der Waals surface area (Å²) in [4.78, 5) is 19.6. The third kappa shape index (κ3) is 2.96. The van der Waals surface area contributed by atoms with Gasteiger partial charge in [-0.3, -0.25) is 0 Å². The van der Waals surface area contributed by atoms with Crippen molar-refractivity contribution in [2.75, 3.05) is 24.5 Å². The summed E-state index contributed by atoms with van der Waals surface area (Å²) in [5, 5.41) is 4.34. The molecule has 0 saturated carbocycles. The molecule has 0 radical (unpaired) electrons. The van der Waals surface area contributed by atoms with Crippen molar-refractivity contribution >= 4 is 22.3 Å². The van der Waals surface area contributed by atoms with E-state index < -0.39 is 0 Å². The minimum Gasteiger partial charge on any atom is -0.422 e. The highest BCUT2D eigenvalue weighted by atomic mass is 16.4. The van der Waals surface area contributed by atoms with Crippen LogP contribution in [0, 0.1) is 6.92 Å². The molecule has 0 spiro atoms. The van der Waals surface area contributed by atoms with Gasteiger partial charge in [0, 0.05) is 55.2 Å². The second-order valence-electron chi connectivity index (χ2n) is 7.57. The van der Waals surface area contributed by atoms with Crippen molar-refractivity contribution in [1.29, 1.82) is 0 Å². The van der Waals surface area contributed by atoms with Gasteiger partial charge in [-0.25, -0.2) is 9.78 Å². The summed E-state index contributed by atoms with van der Waals surface area (Å²) in [5.41, 5.74) is 4.39. The van der Waals surface area contributed by atoms with Crippen LogP contribution in [0.5, 0.6) is 0 Å². The van der Waals surface area contributed by atoms with Crippen LogP contribution in [0.25, 0.3) is 27.9 Å². The van der Waals surface area contributed by atoms with Gasteiger partial charge in [0.05, 0.1) is 11.3 Å². The zero-order chi connectivity index (χ0) is 19.3. The highest BCUT2D eigenvalue weighted by molar-refractivity contribution is 5.84. The molecule has 4 heterocycles. The number of aromatic nitrogens is 2. The quantitative estimate of drug-likeness (QED) is 0.546. The molecule has 0 bridgehead atoms. The lowest BCUT2D eigenvalue weighted by Gasteiger charge is -2.33. The first-order valence-corrected chi connectivity index (χ1v) is 9.59. The SMILES string of the molecule is Cc1ccn2cc(-c3cc4ccc(N5CCN[C@H](C)C5)cc4oc3=O)nc2c1. The third-order valence-electron chi connectivity index (χ3n) is 5.35. The van der Waals surface area contributed by atoms with Gasteiger partial charge in [-0.2, -0.15) is 0 Å². The van der Waals surface area contributed by atoms with Crippen LogP contribution in [0.3, 0.4) is 0 Å². The number of hydrogen-bond donors (Lipinski definition) is 1. The number of imidazole rings is 1. The number of benzene rings is 1. The van der Waals surface area contributed by atoms with Crippen LogP contribution in [0.2, 0.25) is 0 Å². The predicted octanol–water partition coefficient (Wildman–Crippen LogP) is 3.21. The van der Waals surface area contributed by atoms with Gasteiger partial charge in [-0.05, 0) is 49.7 Å². The molecule has 28 heavy (non-hydrogen) atoms. The maximum Gasteiger partial charge on any atom is 0.345 e. The maximum absolute atomic E-state index is 12.7. The Bertz CT molecular complexity index is 1240. The predicted molar refractivity (Wildman–Crippen MR) is 111 cm³/mol. The van der Waals surface area contributed by atoms with Gasteiger partial charge in [0.25, 0.3) is 0 Å². The number of nitrogens with one attached hydrogen (secondary N) is 1. The number of piperazine rings is 1. The molecule has 6 nitrogen and oxygen atoms in total. The van der Waals surface area contributed by atoms with Crippen LogP contribution in [0.15, 0.2) is 58.0 Å². The highest BCUT2D eigenvalue weighted by Crippen LogP contribution is 2.26. The Hall–Kier alpha value is -3.12. The standard InChI is InChI=1S/C22H22N4O2/c1-14-5-7-26-13-19(24-21(26)9-14)18-10-16-3-4-17(11-20(16)28-22(18)27)25-8-6-23-15(2)12-25/h3-5,7,9-11,13,15,23H,6,8,12H2,1-2H3/t15-/m1/s1. The molecule has 1 aromatic carbocycles. The summed E-state index contributed by atoms with van der Waals surface area (Å²) in [7, 11) is 0. The average molecular weight is 374 g/mol. The summed E-state index contributed by atoms with van der Waals surface area (Å²) in [5.74, 6) is 0. The van der Waals surface area contributed by atoms with Crippen LogP contribution in [0.1, 0.15) is 12.5 Å². The molecular weight excluding hydrogens is 352 g/mol. The van der Waals surface area contributed by atoms with Gasteiger partial charge in [0.1, 0.15) is 11.2 Å². The molecule has 1 fully saturated rings. The van der Waals surface area contributed by atoms with E-state index in [9.17, 15) is 4.79 Å². The Labute approximate surface area is 162 Å². The number of anilines is 1. The molecule has 5 rings (SSSR count). The molecule has 1 aliphatic heterocycles. The number of fused-ring (bicyclic) bond motifs is 2. The van der Waals surface area contributed by atoms with E-state index in [-0.39, 0.29) is 5.63 Å². The Morgan fingerprint density at radius 3 is 2.96 bits per heavy atom. The van der Waals surface area contributed by atoms with Crippen molar-refractivity contribution in [2.24, 2.45) is 0 Å². The molecule has 3 aromatic heterocycles. The second-order valence-corrected chi connectivity index (χ2v) is 7.57. The maximum atomic E-state index is 12.7. The van der Waals surface area contributed by atoms with Crippen molar-refractivity contribution in [3.63, 3.8) is 0 Å². The molecule has 0 unspecified atom stereocenters. The molecular formula is C22H22N4O2. The molecule has 0 amide bonds. The minimum absolute atomic E-state index is 0.363. The van der Waals surface area contributed by atoms with Crippen molar-refractivity contribution < 1.29 is 4.42 Å². The lowest BCUT2D eigenvalue weighted by atomic mass is 10.1. The zero-order valence-electron chi connectivity index (χ0n) is 16.0. The summed E-state index contributed by atoms with van der Waals surface area (Å²) in [6, 6.07) is 12.4. The van der Waals surface area contributed by atoms with E-state index in [0.29, 0.717) is 22.9 Å². The molecule has 1 atom stereocenters. The van der Waals surface area contributed by atoms with Crippen LogP contribution in [-0.2, 0) is 0 Å². The van der Waals surface area contributed by atoms with E-state index in [1.165, 1.54) is 0 Å². The van der Waals surface area contributed by atoms with Crippen LogP contribution >= 0.6 is 0 Å². The van der Waals surface area contributed by atoms with Gasteiger partial charge < -0.3 is 19.0 Å². The summed E-state index contributed by atoms with van der Waals surface area (Å²) < 4.78 is 7.60. The van der Waals surface area contributed by atoms with Crippen LogP contribution < -0.4 is 15.8 Å². The van der Waals surface area contributed by atoms with Crippen molar-refractivity contribution in [3.8, 4) is 11.3 Å². The summed E-state index contributed by atoms with van der Waals surface area (Å²) in [6.45, 7) is 7.04. The minimum atomic E-state index is -0.363. The van der Waals surface area contributed by atoms with E-state index in [1.54, 1.807) is 0 Å². The Morgan fingerprint density at radius 1 is 1.21 bits per heavy atom. The average Bonchev–Trinajstić information content (AvgIpc) is 3.10. The first-order chi connectivity index (χ1) is 13.6. The van der Waals surface area contributed by atoms with Crippen LogP contribution in [-0.4, -0.2) is 35.1 Å². The third-order valence-corrected chi connectivity index (χ3v) is 5.35. The van der Waals surface area contributed by atoms with Gasteiger partial charge >= 0.3 is 5.63 Å². The normalized spacial score (nSPS) is 17.5. The second kappa shape index (κ2) is 6.49. The Morgan fingerprint density at radius 2 is 2.11 bits per heavy atom.